The van der Waals surface area contributed by atoms with Crippen LogP contribution in [0.3, 0.4) is 0 Å². The van der Waals surface area contributed by atoms with Crippen LogP contribution in [0, 0.1) is 0 Å². The van der Waals surface area contributed by atoms with Gasteiger partial charge in [-0.2, -0.15) is 0 Å². The molecule has 1 saturated heterocycles. The molecule has 0 aliphatic carbocycles. The summed E-state index contributed by atoms with van der Waals surface area (Å²) >= 11 is 0. The van der Waals surface area contributed by atoms with Crippen molar-refractivity contribution in [2.45, 2.75) is 25.4 Å². The molecule has 2 N–H and O–H groups in total. The highest BCUT2D eigenvalue weighted by molar-refractivity contribution is 5.88. The minimum absolute atomic E-state index is 0.106. The third kappa shape index (κ3) is 3.67. The first kappa shape index (κ1) is 13.9. The maximum atomic E-state index is 12.0. The quantitative estimate of drug-likeness (QED) is 0.634. The summed E-state index contributed by atoms with van der Waals surface area (Å²) in [5.74, 6) is -0.671. The van der Waals surface area contributed by atoms with Crippen molar-refractivity contribution >= 4 is 11.9 Å². The molecule has 17 heavy (non-hydrogen) atoms. The normalized spacial score (nSPS) is 18.5. The Morgan fingerprint density at radius 2 is 2.00 bits per heavy atom. The van der Waals surface area contributed by atoms with Crippen LogP contribution in [0.1, 0.15) is 19.8 Å². The van der Waals surface area contributed by atoms with Gasteiger partial charge in [0.15, 0.2) is 0 Å². The van der Waals surface area contributed by atoms with E-state index < -0.39 is 11.6 Å². The lowest BCUT2D eigenvalue weighted by Crippen LogP contribution is -2.54. The fourth-order valence-corrected chi connectivity index (χ4v) is 1.88. The molecule has 6 heteroatoms. The van der Waals surface area contributed by atoms with Gasteiger partial charge in [-0.15, -0.1) is 0 Å². The number of methoxy groups -OCH3 is 1. The molecular formula is C11H20N2O4. The average molecular weight is 244 g/mol. The molecule has 0 radical (unpaired) electrons. The highest BCUT2D eigenvalue weighted by Crippen LogP contribution is 2.22. The fourth-order valence-electron chi connectivity index (χ4n) is 1.88. The number of esters is 1. The molecule has 1 fully saturated rings. The Morgan fingerprint density at radius 1 is 1.35 bits per heavy atom. The van der Waals surface area contributed by atoms with Crippen molar-refractivity contribution in [1.29, 1.82) is 0 Å². The summed E-state index contributed by atoms with van der Waals surface area (Å²) in [4.78, 5) is 23.1. The predicted octanol–water partition coefficient (Wildman–Crippen LogP) is -0.566. The summed E-state index contributed by atoms with van der Waals surface area (Å²) in [7, 11) is 1.52. The van der Waals surface area contributed by atoms with Crippen LogP contribution in [0.2, 0.25) is 0 Å². The molecule has 1 aliphatic rings. The molecule has 0 saturated carbocycles. The number of rotatable bonds is 5. The minimum atomic E-state index is -0.808. The van der Waals surface area contributed by atoms with E-state index in [1.807, 2.05) is 0 Å². The molecule has 6 nitrogen and oxygen atoms in total. The van der Waals surface area contributed by atoms with Crippen molar-refractivity contribution in [3.8, 4) is 0 Å². The van der Waals surface area contributed by atoms with Crippen LogP contribution in [0.25, 0.3) is 0 Å². The predicted molar refractivity (Wildman–Crippen MR) is 61.5 cm³/mol. The number of amides is 1. The summed E-state index contributed by atoms with van der Waals surface area (Å²) in [6.45, 7) is 3.41. The second-order valence-corrected chi connectivity index (χ2v) is 3.94. The van der Waals surface area contributed by atoms with E-state index in [1.54, 1.807) is 6.92 Å². The number of hydrogen-bond donors (Lipinski definition) is 2. The molecule has 0 aromatic rings. The topological polar surface area (TPSA) is 76.7 Å². The van der Waals surface area contributed by atoms with Crippen LogP contribution in [0.5, 0.6) is 0 Å². The highest BCUT2D eigenvalue weighted by atomic mass is 16.5. The lowest BCUT2D eigenvalue weighted by atomic mass is 9.91. The zero-order valence-corrected chi connectivity index (χ0v) is 10.4. The van der Waals surface area contributed by atoms with Gasteiger partial charge in [0.1, 0.15) is 12.1 Å². The van der Waals surface area contributed by atoms with E-state index in [-0.39, 0.29) is 12.5 Å². The van der Waals surface area contributed by atoms with Crippen LogP contribution in [0.15, 0.2) is 0 Å². The Balaban J connectivity index is 2.46. The third-order valence-electron chi connectivity index (χ3n) is 2.91. The zero-order valence-electron chi connectivity index (χ0n) is 10.4. The number of carbonyl (C=O) groups is 2. The molecule has 1 aliphatic heterocycles. The Hall–Kier alpha value is -1.14. The molecule has 1 amide bonds. The monoisotopic (exact) mass is 244 g/mol. The molecule has 0 spiro atoms. The van der Waals surface area contributed by atoms with Crippen LogP contribution in [0.4, 0.5) is 0 Å². The maximum Gasteiger partial charge on any atom is 0.325 e. The Labute approximate surface area is 101 Å². The van der Waals surface area contributed by atoms with Crippen molar-refractivity contribution in [2.75, 3.05) is 33.4 Å². The maximum absolute atomic E-state index is 12.0. The summed E-state index contributed by atoms with van der Waals surface area (Å²) in [5, 5.41) is 5.72. The minimum Gasteiger partial charge on any atom is -0.465 e. The van der Waals surface area contributed by atoms with Gasteiger partial charge in [-0.1, -0.05) is 0 Å². The first-order valence-electron chi connectivity index (χ1n) is 5.84. The van der Waals surface area contributed by atoms with Gasteiger partial charge >= 0.3 is 5.97 Å². The molecule has 1 rings (SSSR count). The smallest absolute Gasteiger partial charge is 0.325 e. The van der Waals surface area contributed by atoms with Crippen molar-refractivity contribution in [1.82, 2.24) is 10.6 Å². The van der Waals surface area contributed by atoms with Gasteiger partial charge in [0.2, 0.25) is 0 Å². The average Bonchev–Trinajstić information content (AvgIpc) is 2.37. The third-order valence-corrected chi connectivity index (χ3v) is 2.91. The lowest BCUT2D eigenvalue weighted by Gasteiger charge is -2.34. The van der Waals surface area contributed by atoms with Crippen molar-refractivity contribution in [3.63, 3.8) is 0 Å². The van der Waals surface area contributed by atoms with Gasteiger partial charge < -0.3 is 20.1 Å². The largest absolute Gasteiger partial charge is 0.465 e. The molecular weight excluding hydrogens is 224 g/mol. The number of hydrogen-bond acceptors (Lipinski definition) is 5. The molecule has 98 valence electrons. The van der Waals surface area contributed by atoms with Gasteiger partial charge in [0.25, 0.3) is 5.91 Å². The number of nitrogens with one attached hydrogen (secondary N) is 2. The molecule has 0 bridgehead atoms. The Kier molecular flexibility index (Phi) is 5.37. The first-order valence-corrected chi connectivity index (χ1v) is 5.84. The van der Waals surface area contributed by atoms with E-state index >= 15 is 0 Å². The van der Waals surface area contributed by atoms with Gasteiger partial charge in [-0.05, 0) is 32.9 Å². The number of ether oxygens (including phenoxy) is 2. The number of piperidine rings is 1. The van der Waals surface area contributed by atoms with Gasteiger partial charge in [-0.25, -0.2) is 0 Å². The van der Waals surface area contributed by atoms with E-state index in [4.69, 9.17) is 9.47 Å². The molecule has 0 aromatic carbocycles. The van der Waals surface area contributed by atoms with Crippen LogP contribution in [-0.4, -0.2) is 50.8 Å². The van der Waals surface area contributed by atoms with E-state index in [1.165, 1.54) is 7.11 Å². The fraction of sp³-hybridized carbons (Fsp3) is 0.818. The summed E-state index contributed by atoms with van der Waals surface area (Å²) in [6, 6.07) is 0. The van der Waals surface area contributed by atoms with Gasteiger partial charge in [-0.3, -0.25) is 9.59 Å². The van der Waals surface area contributed by atoms with Crippen LogP contribution < -0.4 is 10.6 Å². The van der Waals surface area contributed by atoms with Crippen molar-refractivity contribution in [3.05, 3.63) is 0 Å². The summed E-state index contributed by atoms with van der Waals surface area (Å²) < 4.78 is 10.1. The molecule has 0 unspecified atom stereocenters. The molecule has 0 atom stereocenters. The highest BCUT2D eigenvalue weighted by Gasteiger charge is 2.39. The van der Waals surface area contributed by atoms with Gasteiger partial charge in [0, 0.05) is 7.11 Å². The van der Waals surface area contributed by atoms with E-state index in [9.17, 15) is 9.59 Å². The van der Waals surface area contributed by atoms with Crippen molar-refractivity contribution < 1.29 is 19.1 Å². The molecule has 1 heterocycles. The summed E-state index contributed by atoms with van der Waals surface area (Å²) in [6.07, 6.45) is 1.22. The van der Waals surface area contributed by atoms with Gasteiger partial charge in [0.05, 0.1) is 6.61 Å². The Morgan fingerprint density at radius 3 is 2.53 bits per heavy atom. The van der Waals surface area contributed by atoms with E-state index in [0.717, 1.165) is 13.1 Å². The van der Waals surface area contributed by atoms with Crippen molar-refractivity contribution in [2.24, 2.45) is 0 Å². The SMILES string of the molecule is CCOC(=O)CNC(=O)C1(OC)CCNCC1. The second kappa shape index (κ2) is 6.56. The number of carbonyl (C=O) groups excluding carboxylic acids is 2. The van der Waals surface area contributed by atoms with E-state index in [2.05, 4.69) is 10.6 Å². The van der Waals surface area contributed by atoms with Crippen LogP contribution >= 0.6 is 0 Å². The molecule has 0 aromatic heterocycles. The zero-order chi connectivity index (χ0) is 12.7. The first-order chi connectivity index (χ1) is 8.14. The Bertz CT molecular complexity index is 275. The summed E-state index contributed by atoms with van der Waals surface area (Å²) in [5.41, 5.74) is -0.808. The van der Waals surface area contributed by atoms with E-state index in [0.29, 0.717) is 19.4 Å². The standard InChI is InChI=1S/C11H20N2O4/c1-3-17-9(14)8-13-10(15)11(16-2)4-6-12-7-5-11/h12H,3-8H2,1-2H3,(H,13,15). The van der Waals surface area contributed by atoms with Crippen LogP contribution in [-0.2, 0) is 19.1 Å². The lowest BCUT2D eigenvalue weighted by molar-refractivity contribution is -0.151. The second-order valence-electron chi connectivity index (χ2n) is 3.94.